The van der Waals surface area contributed by atoms with E-state index >= 15 is 0 Å². The molecule has 180 valence electrons. The first-order chi connectivity index (χ1) is 17.0. The third-order valence-electron chi connectivity index (χ3n) is 5.78. The van der Waals surface area contributed by atoms with Crippen LogP contribution in [0.1, 0.15) is 31.4 Å². The van der Waals surface area contributed by atoms with E-state index in [0.717, 1.165) is 18.4 Å². The summed E-state index contributed by atoms with van der Waals surface area (Å²) in [7, 11) is 0. The largest absolute Gasteiger partial charge is 0.491 e. The molecule has 0 heterocycles. The Morgan fingerprint density at radius 1 is 0.657 bits per heavy atom. The monoisotopic (exact) mass is 476 g/mol. The second kappa shape index (κ2) is 11.1. The summed E-state index contributed by atoms with van der Waals surface area (Å²) >= 11 is 0. The van der Waals surface area contributed by atoms with Crippen molar-refractivity contribution in [2.24, 2.45) is 0 Å². The van der Waals surface area contributed by atoms with Crippen molar-refractivity contribution in [2.75, 3.05) is 6.61 Å². The van der Waals surface area contributed by atoms with E-state index in [1.807, 2.05) is 24.3 Å². The molecule has 0 bridgehead atoms. The standard InChI is InChI=1S/C30H27F3O2/c1-3-5-20-6-8-22(9-7-20)26-16-12-24(29(32)30(26)33)19-35-25-14-10-21(11-15-25)23-13-17-28(34-4-2)27(31)18-23/h6-18H,3-5,19H2,1-2H3. The SMILES string of the molecule is CCCc1ccc(-c2ccc(COc3ccc(-c4ccc(OCC)c(F)c4)cc3)c(F)c2F)cc1. The molecular formula is C30H27F3O2. The van der Waals surface area contributed by atoms with Crippen LogP contribution in [0.3, 0.4) is 0 Å². The number of rotatable bonds is 9. The summed E-state index contributed by atoms with van der Waals surface area (Å²) in [6.07, 6.45) is 1.98. The molecule has 0 aliphatic carbocycles. The van der Waals surface area contributed by atoms with Gasteiger partial charge in [-0.25, -0.2) is 13.2 Å². The van der Waals surface area contributed by atoms with Crippen molar-refractivity contribution in [3.63, 3.8) is 0 Å². The molecule has 4 rings (SSSR count). The molecule has 0 atom stereocenters. The van der Waals surface area contributed by atoms with Gasteiger partial charge in [-0.05, 0) is 59.9 Å². The van der Waals surface area contributed by atoms with Gasteiger partial charge >= 0.3 is 0 Å². The molecule has 0 saturated heterocycles. The molecule has 0 aliphatic heterocycles. The summed E-state index contributed by atoms with van der Waals surface area (Å²) < 4.78 is 54.6. The molecule has 4 aromatic rings. The molecule has 35 heavy (non-hydrogen) atoms. The zero-order chi connectivity index (χ0) is 24.8. The van der Waals surface area contributed by atoms with E-state index in [-0.39, 0.29) is 23.5 Å². The first kappa shape index (κ1) is 24.4. The fraction of sp³-hybridized carbons (Fsp3) is 0.200. The van der Waals surface area contributed by atoms with Crippen molar-refractivity contribution in [3.8, 4) is 33.8 Å². The lowest BCUT2D eigenvalue weighted by Crippen LogP contribution is -2.02. The number of aryl methyl sites for hydroxylation is 1. The van der Waals surface area contributed by atoms with Gasteiger partial charge in [0, 0.05) is 11.1 Å². The maximum atomic E-state index is 14.8. The predicted molar refractivity (Wildman–Crippen MR) is 133 cm³/mol. The molecule has 0 N–H and O–H groups in total. The Labute approximate surface area is 204 Å². The second-order valence-corrected chi connectivity index (χ2v) is 8.24. The van der Waals surface area contributed by atoms with Gasteiger partial charge in [0.1, 0.15) is 12.4 Å². The molecule has 5 heteroatoms. The van der Waals surface area contributed by atoms with Gasteiger partial charge in [0.25, 0.3) is 0 Å². The van der Waals surface area contributed by atoms with Crippen LogP contribution in [0.4, 0.5) is 13.2 Å². The first-order valence-corrected chi connectivity index (χ1v) is 11.7. The Bertz CT molecular complexity index is 1280. The molecule has 4 aromatic carbocycles. The lowest BCUT2D eigenvalue weighted by molar-refractivity contribution is 0.297. The average molecular weight is 477 g/mol. The average Bonchev–Trinajstić information content (AvgIpc) is 2.87. The van der Waals surface area contributed by atoms with Crippen LogP contribution in [-0.2, 0) is 13.0 Å². The Hall–Kier alpha value is -3.73. The van der Waals surface area contributed by atoms with Crippen LogP contribution >= 0.6 is 0 Å². The topological polar surface area (TPSA) is 18.5 Å². The van der Waals surface area contributed by atoms with Crippen molar-refractivity contribution in [3.05, 3.63) is 107 Å². The molecule has 0 radical (unpaired) electrons. The lowest BCUT2D eigenvalue weighted by Gasteiger charge is -2.12. The van der Waals surface area contributed by atoms with Gasteiger partial charge in [-0.3, -0.25) is 0 Å². The molecule has 0 aromatic heterocycles. The van der Waals surface area contributed by atoms with Gasteiger partial charge in [-0.2, -0.15) is 0 Å². The number of benzene rings is 4. The van der Waals surface area contributed by atoms with Gasteiger partial charge in [0.2, 0.25) is 0 Å². The van der Waals surface area contributed by atoms with Crippen LogP contribution in [-0.4, -0.2) is 6.61 Å². The summed E-state index contributed by atoms with van der Waals surface area (Å²) in [6, 6.07) is 22.4. The number of hydrogen-bond acceptors (Lipinski definition) is 2. The van der Waals surface area contributed by atoms with Crippen LogP contribution in [0.25, 0.3) is 22.3 Å². The van der Waals surface area contributed by atoms with Crippen LogP contribution in [0.15, 0.2) is 78.9 Å². The summed E-state index contributed by atoms with van der Waals surface area (Å²) in [5, 5.41) is 0. The van der Waals surface area contributed by atoms with Crippen molar-refractivity contribution in [1.82, 2.24) is 0 Å². The number of ether oxygens (including phenoxy) is 2. The Kier molecular flexibility index (Phi) is 7.76. The van der Waals surface area contributed by atoms with Gasteiger partial charge < -0.3 is 9.47 Å². The predicted octanol–water partition coefficient (Wildman–Crippen LogP) is 8.37. The quantitative estimate of drug-likeness (QED) is 0.242. The molecule has 0 aliphatic rings. The highest BCUT2D eigenvalue weighted by Gasteiger charge is 2.15. The van der Waals surface area contributed by atoms with Crippen LogP contribution in [0, 0.1) is 17.5 Å². The zero-order valence-electron chi connectivity index (χ0n) is 19.8. The summed E-state index contributed by atoms with van der Waals surface area (Å²) in [4.78, 5) is 0. The number of halogens is 3. The molecule has 0 amide bonds. The van der Waals surface area contributed by atoms with E-state index < -0.39 is 17.5 Å². The zero-order valence-corrected chi connectivity index (χ0v) is 19.8. The van der Waals surface area contributed by atoms with Gasteiger partial charge in [-0.15, -0.1) is 0 Å². The van der Waals surface area contributed by atoms with Gasteiger partial charge in [0.15, 0.2) is 23.2 Å². The summed E-state index contributed by atoms with van der Waals surface area (Å²) in [5.41, 5.74) is 3.65. The minimum Gasteiger partial charge on any atom is -0.491 e. The van der Waals surface area contributed by atoms with Gasteiger partial charge in [0.05, 0.1) is 6.61 Å². The van der Waals surface area contributed by atoms with Crippen molar-refractivity contribution >= 4 is 0 Å². The van der Waals surface area contributed by atoms with E-state index in [1.165, 1.54) is 11.6 Å². The first-order valence-electron chi connectivity index (χ1n) is 11.7. The van der Waals surface area contributed by atoms with Crippen molar-refractivity contribution in [1.29, 1.82) is 0 Å². The fourth-order valence-electron chi connectivity index (χ4n) is 3.92. The lowest BCUT2D eigenvalue weighted by atomic mass is 10.0. The Morgan fingerprint density at radius 2 is 1.34 bits per heavy atom. The maximum Gasteiger partial charge on any atom is 0.167 e. The summed E-state index contributed by atoms with van der Waals surface area (Å²) in [6.45, 7) is 4.17. The molecule has 0 unspecified atom stereocenters. The minimum absolute atomic E-state index is 0.116. The third kappa shape index (κ3) is 5.68. The molecule has 2 nitrogen and oxygen atoms in total. The molecular weight excluding hydrogens is 449 g/mol. The van der Waals surface area contributed by atoms with Crippen molar-refractivity contribution in [2.45, 2.75) is 33.3 Å². The van der Waals surface area contributed by atoms with E-state index in [9.17, 15) is 13.2 Å². The molecule has 0 saturated carbocycles. The smallest absolute Gasteiger partial charge is 0.167 e. The van der Waals surface area contributed by atoms with Crippen LogP contribution in [0.5, 0.6) is 11.5 Å². The molecule has 0 fully saturated rings. The Balaban J connectivity index is 1.44. The van der Waals surface area contributed by atoms with Crippen LogP contribution in [0.2, 0.25) is 0 Å². The van der Waals surface area contributed by atoms with Crippen molar-refractivity contribution < 1.29 is 22.6 Å². The highest BCUT2D eigenvalue weighted by molar-refractivity contribution is 5.66. The Morgan fingerprint density at radius 3 is 2.00 bits per heavy atom. The van der Waals surface area contributed by atoms with Crippen LogP contribution < -0.4 is 9.47 Å². The van der Waals surface area contributed by atoms with E-state index in [1.54, 1.807) is 55.5 Å². The normalized spacial score (nSPS) is 10.9. The van der Waals surface area contributed by atoms with E-state index in [0.29, 0.717) is 23.5 Å². The molecule has 0 spiro atoms. The highest BCUT2D eigenvalue weighted by atomic mass is 19.2. The fourth-order valence-corrected chi connectivity index (χ4v) is 3.92. The second-order valence-electron chi connectivity index (χ2n) is 8.24. The van der Waals surface area contributed by atoms with E-state index in [2.05, 4.69) is 6.92 Å². The van der Waals surface area contributed by atoms with E-state index in [4.69, 9.17) is 9.47 Å². The highest BCUT2D eigenvalue weighted by Crippen LogP contribution is 2.29. The minimum atomic E-state index is -0.915. The summed E-state index contributed by atoms with van der Waals surface area (Å²) in [5.74, 6) is -1.52. The number of hydrogen-bond donors (Lipinski definition) is 0. The third-order valence-corrected chi connectivity index (χ3v) is 5.78. The maximum absolute atomic E-state index is 14.8. The van der Waals surface area contributed by atoms with Gasteiger partial charge in [-0.1, -0.05) is 67.9 Å².